The standard InChI is InChI=1S/C16H16ClN3O4/c17-7-10-8-19-13-6-14(20(23)24)12-5-9(16(22)18-3-4-21)1-2-11(12)15(10)13/h1-2,5-6,10,19,21H,3-4,7-8H2,(H,18,22). The molecule has 1 unspecified atom stereocenters. The molecule has 2 aromatic carbocycles. The van der Waals surface area contributed by atoms with Crippen molar-refractivity contribution in [1.29, 1.82) is 0 Å². The number of carbonyl (C=O) groups is 1. The van der Waals surface area contributed by atoms with Gasteiger partial charge in [0.25, 0.3) is 11.6 Å². The van der Waals surface area contributed by atoms with Crippen LogP contribution in [0, 0.1) is 10.1 Å². The molecular formula is C16H16ClN3O4. The van der Waals surface area contributed by atoms with Gasteiger partial charge < -0.3 is 15.7 Å². The lowest BCUT2D eigenvalue weighted by molar-refractivity contribution is -0.383. The molecule has 0 spiro atoms. The van der Waals surface area contributed by atoms with E-state index in [1.807, 2.05) is 0 Å². The fraction of sp³-hybridized carbons (Fsp3) is 0.312. The molecule has 1 amide bonds. The molecule has 1 atom stereocenters. The Morgan fingerprint density at radius 1 is 1.42 bits per heavy atom. The summed E-state index contributed by atoms with van der Waals surface area (Å²) in [5, 5.41) is 27.1. The highest BCUT2D eigenvalue weighted by Crippen LogP contribution is 2.42. The highest BCUT2D eigenvalue weighted by atomic mass is 35.5. The number of amides is 1. The van der Waals surface area contributed by atoms with Gasteiger partial charge in [-0.3, -0.25) is 14.9 Å². The summed E-state index contributed by atoms with van der Waals surface area (Å²) in [6.45, 7) is 0.589. The Labute approximate surface area is 142 Å². The molecule has 3 rings (SSSR count). The Morgan fingerprint density at radius 3 is 2.88 bits per heavy atom. The van der Waals surface area contributed by atoms with E-state index < -0.39 is 4.92 Å². The van der Waals surface area contributed by atoms with Crippen LogP contribution >= 0.6 is 11.6 Å². The molecular weight excluding hydrogens is 334 g/mol. The van der Waals surface area contributed by atoms with Gasteiger partial charge >= 0.3 is 0 Å². The molecule has 1 aliphatic heterocycles. The number of rotatable bonds is 5. The number of non-ortho nitro benzene ring substituents is 1. The number of hydrogen-bond acceptors (Lipinski definition) is 5. The van der Waals surface area contributed by atoms with Crippen LogP contribution in [0.2, 0.25) is 0 Å². The quantitative estimate of drug-likeness (QED) is 0.436. The van der Waals surface area contributed by atoms with E-state index in [-0.39, 0.29) is 30.7 Å². The minimum atomic E-state index is -0.451. The van der Waals surface area contributed by atoms with Gasteiger partial charge in [0.15, 0.2) is 0 Å². The zero-order valence-corrected chi connectivity index (χ0v) is 13.5. The molecule has 0 aliphatic carbocycles. The molecule has 1 heterocycles. The lowest BCUT2D eigenvalue weighted by Crippen LogP contribution is -2.26. The summed E-state index contributed by atoms with van der Waals surface area (Å²) in [5.41, 5.74) is 1.93. The summed E-state index contributed by atoms with van der Waals surface area (Å²) in [4.78, 5) is 23.0. The average molecular weight is 350 g/mol. The summed E-state index contributed by atoms with van der Waals surface area (Å²) in [5.74, 6) is 0.0952. The summed E-state index contributed by atoms with van der Waals surface area (Å²) >= 11 is 6.02. The molecule has 1 aliphatic rings. The largest absolute Gasteiger partial charge is 0.395 e. The first-order valence-corrected chi connectivity index (χ1v) is 8.04. The topological polar surface area (TPSA) is 104 Å². The minimum Gasteiger partial charge on any atom is -0.395 e. The third kappa shape index (κ3) is 2.76. The van der Waals surface area contributed by atoms with E-state index in [4.69, 9.17) is 16.7 Å². The van der Waals surface area contributed by atoms with Crippen LogP contribution in [0.15, 0.2) is 24.3 Å². The highest BCUT2D eigenvalue weighted by Gasteiger charge is 2.28. The monoisotopic (exact) mass is 349 g/mol. The van der Waals surface area contributed by atoms with Crippen LogP contribution < -0.4 is 10.6 Å². The number of anilines is 1. The molecule has 0 bridgehead atoms. The van der Waals surface area contributed by atoms with Crippen LogP contribution in [0.1, 0.15) is 21.8 Å². The van der Waals surface area contributed by atoms with E-state index in [0.717, 1.165) is 16.6 Å². The molecule has 0 aromatic heterocycles. The Bertz CT molecular complexity index is 825. The van der Waals surface area contributed by atoms with E-state index in [9.17, 15) is 14.9 Å². The lowest BCUT2D eigenvalue weighted by atomic mass is 9.93. The second-order valence-corrected chi connectivity index (χ2v) is 5.89. The summed E-state index contributed by atoms with van der Waals surface area (Å²) < 4.78 is 0. The number of nitro groups is 1. The van der Waals surface area contributed by atoms with E-state index in [1.54, 1.807) is 12.1 Å². The van der Waals surface area contributed by atoms with Crippen molar-refractivity contribution < 1.29 is 14.8 Å². The molecule has 0 saturated carbocycles. The van der Waals surface area contributed by atoms with Crippen molar-refractivity contribution in [3.63, 3.8) is 0 Å². The van der Waals surface area contributed by atoms with E-state index in [0.29, 0.717) is 23.4 Å². The number of aliphatic hydroxyl groups excluding tert-OH is 1. The van der Waals surface area contributed by atoms with Gasteiger partial charge in [0.2, 0.25) is 0 Å². The number of nitrogens with one attached hydrogen (secondary N) is 2. The Morgan fingerprint density at radius 2 is 2.21 bits per heavy atom. The van der Waals surface area contributed by atoms with Crippen LogP contribution in [0.3, 0.4) is 0 Å². The third-order valence-electron chi connectivity index (χ3n) is 4.15. The van der Waals surface area contributed by atoms with Crippen molar-refractivity contribution in [3.8, 4) is 0 Å². The van der Waals surface area contributed by atoms with Gasteiger partial charge in [0.05, 0.1) is 16.9 Å². The molecule has 0 saturated heterocycles. The SMILES string of the molecule is O=C(NCCO)c1ccc2c3c(cc([N+](=O)[O-])c2c1)NCC3CCl. The Balaban J connectivity index is 2.17. The maximum Gasteiger partial charge on any atom is 0.279 e. The van der Waals surface area contributed by atoms with E-state index >= 15 is 0 Å². The minimum absolute atomic E-state index is 0.0525. The predicted octanol–water partition coefficient (Wildman–Crippen LogP) is 2.22. The zero-order valence-electron chi connectivity index (χ0n) is 12.7. The van der Waals surface area contributed by atoms with Crippen molar-refractivity contribution in [2.24, 2.45) is 0 Å². The first-order chi connectivity index (χ1) is 11.6. The Kier molecular flexibility index (Phi) is 4.55. The maximum atomic E-state index is 12.1. The molecule has 7 nitrogen and oxygen atoms in total. The number of hydrogen-bond donors (Lipinski definition) is 3. The smallest absolute Gasteiger partial charge is 0.279 e. The van der Waals surface area contributed by atoms with Crippen molar-refractivity contribution >= 4 is 39.7 Å². The normalized spacial score (nSPS) is 15.8. The van der Waals surface area contributed by atoms with Crippen molar-refractivity contribution in [1.82, 2.24) is 5.32 Å². The first kappa shape index (κ1) is 16.5. The van der Waals surface area contributed by atoms with Crippen LogP contribution in [0.4, 0.5) is 11.4 Å². The van der Waals surface area contributed by atoms with Crippen LogP contribution in [-0.4, -0.2) is 41.5 Å². The number of fused-ring (bicyclic) bond motifs is 3. The highest BCUT2D eigenvalue weighted by molar-refractivity contribution is 6.19. The second-order valence-electron chi connectivity index (χ2n) is 5.59. The fourth-order valence-corrected chi connectivity index (χ4v) is 3.31. The predicted molar refractivity (Wildman–Crippen MR) is 92.0 cm³/mol. The van der Waals surface area contributed by atoms with Gasteiger partial charge in [0.1, 0.15) is 0 Å². The van der Waals surface area contributed by atoms with Gasteiger partial charge in [-0.15, -0.1) is 11.6 Å². The van der Waals surface area contributed by atoms with Crippen LogP contribution in [0.5, 0.6) is 0 Å². The summed E-state index contributed by atoms with van der Waals surface area (Å²) in [6, 6.07) is 6.37. The number of alkyl halides is 1. The molecule has 2 aromatic rings. The summed E-state index contributed by atoms with van der Waals surface area (Å²) in [6.07, 6.45) is 0. The van der Waals surface area contributed by atoms with Gasteiger partial charge in [-0.25, -0.2) is 0 Å². The Hall–Kier alpha value is -2.38. The lowest BCUT2D eigenvalue weighted by Gasteiger charge is -2.12. The molecule has 3 N–H and O–H groups in total. The zero-order chi connectivity index (χ0) is 17.3. The number of nitrogens with zero attached hydrogens (tertiary/aromatic N) is 1. The molecule has 24 heavy (non-hydrogen) atoms. The first-order valence-electron chi connectivity index (χ1n) is 7.50. The van der Waals surface area contributed by atoms with E-state index in [2.05, 4.69) is 10.6 Å². The number of benzene rings is 2. The van der Waals surface area contributed by atoms with Gasteiger partial charge in [-0.1, -0.05) is 6.07 Å². The molecule has 0 fully saturated rings. The number of halogens is 1. The third-order valence-corrected chi connectivity index (χ3v) is 4.52. The number of aliphatic hydroxyl groups is 1. The van der Waals surface area contributed by atoms with Crippen molar-refractivity contribution in [2.75, 3.05) is 30.9 Å². The van der Waals surface area contributed by atoms with E-state index in [1.165, 1.54) is 12.1 Å². The van der Waals surface area contributed by atoms with Crippen molar-refractivity contribution in [2.45, 2.75) is 5.92 Å². The van der Waals surface area contributed by atoms with Crippen LogP contribution in [-0.2, 0) is 0 Å². The van der Waals surface area contributed by atoms with Gasteiger partial charge in [-0.05, 0) is 23.1 Å². The number of carbonyl (C=O) groups excluding carboxylic acids is 1. The molecule has 126 valence electrons. The summed E-state index contributed by atoms with van der Waals surface area (Å²) in [7, 11) is 0. The van der Waals surface area contributed by atoms with Crippen molar-refractivity contribution in [3.05, 3.63) is 45.5 Å². The van der Waals surface area contributed by atoms with Gasteiger partial charge in [-0.2, -0.15) is 0 Å². The fourth-order valence-electron chi connectivity index (χ4n) is 3.05. The maximum absolute atomic E-state index is 12.1. The molecule has 8 heteroatoms. The number of nitro benzene ring substituents is 1. The molecule has 0 radical (unpaired) electrons. The van der Waals surface area contributed by atoms with Crippen LogP contribution in [0.25, 0.3) is 10.8 Å². The second kappa shape index (κ2) is 6.62. The average Bonchev–Trinajstić information content (AvgIpc) is 3.01. The van der Waals surface area contributed by atoms with Gasteiger partial charge in [0, 0.05) is 42.2 Å².